The van der Waals surface area contributed by atoms with Crippen LogP contribution in [0.1, 0.15) is 24.8 Å². The number of rotatable bonds is 4. The molecule has 2 aromatic carbocycles. The zero-order valence-electron chi connectivity index (χ0n) is 17.3. The Morgan fingerprint density at radius 3 is 2.62 bits per heavy atom. The third-order valence-corrected chi connectivity index (χ3v) is 7.63. The molecule has 2 saturated heterocycles. The van der Waals surface area contributed by atoms with E-state index in [1.165, 1.54) is 35.2 Å². The first-order valence-electron chi connectivity index (χ1n) is 10.1. The molecular weight excluding hydrogens is 516 g/mol. The Kier molecular flexibility index (Phi) is 6.88. The van der Waals surface area contributed by atoms with E-state index in [1.807, 2.05) is 0 Å². The van der Waals surface area contributed by atoms with Crippen molar-refractivity contribution in [2.45, 2.75) is 19.3 Å². The normalized spacial score (nSPS) is 19.3. The number of amides is 1. The SMILES string of the molecule is CN1C(=O)/C(=C\c2cc([N+](=O)[O-])ccc2N2CCCCC2)SC1=Nc1ccc(Br)c(Cl)c1. The zero-order valence-corrected chi connectivity index (χ0v) is 20.4. The van der Waals surface area contributed by atoms with Gasteiger partial charge in [0.05, 0.1) is 20.5 Å². The molecule has 7 nitrogen and oxygen atoms in total. The van der Waals surface area contributed by atoms with Crippen molar-refractivity contribution in [2.75, 3.05) is 25.0 Å². The third kappa shape index (κ3) is 4.84. The first kappa shape index (κ1) is 22.8. The van der Waals surface area contributed by atoms with Gasteiger partial charge in [-0.05, 0) is 77.3 Å². The molecule has 2 heterocycles. The fourth-order valence-corrected chi connectivity index (χ4v) is 5.05. The van der Waals surface area contributed by atoms with Crippen molar-refractivity contribution in [3.63, 3.8) is 0 Å². The molecule has 2 aliphatic rings. The lowest BCUT2D eigenvalue weighted by molar-refractivity contribution is -0.384. The van der Waals surface area contributed by atoms with Crippen LogP contribution in [0.4, 0.5) is 17.1 Å². The number of hydrogen-bond acceptors (Lipinski definition) is 6. The number of nitrogens with zero attached hydrogens (tertiary/aromatic N) is 4. The number of anilines is 1. The van der Waals surface area contributed by atoms with Crippen LogP contribution in [0.2, 0.25) is 5.02 Å². The minimum Gasteiger partial charge on any atom is -0.371 e. The predicted molar refractivity (Wildman–Crippen MR) is 134 cm³/mol. The van der Waals surface area contributed by atoms with Crippen LogP contribution in [0.3, 0.4) is 0 Å². The Hall–Kier alpha value is -2.36. The maximum absolute atomic E-state index is 12.9. The van der Waals surface area contributed by atoms with Crippen molar-refractivity contribution in [1.82, 2.24) is 4.90 Å². The van der Waals surface area contributed by atoms with Gasteiger partial charge >= 0.3 is 0 Å². The maximum Gasteiger partial charge on any atom is 0.270 e. The number of piperidine rings is 1. The van der Waals surface area contributed by atoms with Crippen molar-refractivity contribution in [2.24, 2.45) is 4.99 Å². The summed E-state index contributed by atoms with van der Waals surface area (Å²) in [5.74, 6) is -0.201. The van der Waals surface area contributed by atoms with Crippen LogP contribution in [0.25, 0.3) is 6.08 Å². The van der Waals surface area contributed by atoms with Gasteiger partial charge in [0.2, 0.25) is 0 Å². The van der Waals surface area contributed by atoms with Crippen LogP contribution in [0.5, 0.6) is 0 Å². The Morgan fingerprint density at radius 1 is 1.19 bits per heavy atom. The molecule has 0 N–H and O–H groups in total. The first-order chi connectivity index (χ1) is 15.3. The van der Waals surface area contributed by atoms with E-state index in [0.717, 1.165) is 36.1 Å². The predicted octanol–water partition coefficient (Wildman–Crippen LogP) is 6.23. The van der Waals surface area contributed by atoms with Gasteiger partial charge in [-0.2, -0.15) is 0 Å². The highest BCUT2D eigenvalue weighted by Gasteiger charge is 2.31. The molecule has 2 aromatic rings. The summed E-state index contributed by atoms with van der Waals surface area (Å²) < 4.78 is 0.767. The topological polar surface area (TPSA) is 79.0 Å². The lowest BCUT2D eigenvalue weighted by atomic mass is 10.1. The summed E-state index contributed by atoms with van der Waals surface area (Å²) in [6.45, 7) is 1.79. The molecule has 0 unspecified atom stereocenters. The van der Waals surface area contributed by atoms with Crippen LogP contribution < -0.4 is 4.90 Å². The fourth-order valence-electron chi connectivity index (χ4n) is 3.65. The molecule has 0 spiro atoms. The quantitative estimate of drug-likeness (QED) is 0.263. The second kappa shape index (κ2) is 9.64. The van der Waals surface area contributed by atoms with E-state index < -0.39 is 4.92 Å². The maximum atomic E-state index is 12.9. The molecule has 10 heteroatoms. The van der Waals surface area contributed by atoms with Gasteiger partial charge < -0.3 is 4.90 Å². The highest BCUT2D eigenvalue weighted by atomic mass is 79.9. The molecule has 166 valence electrons. The highest BCUT2D eigenvalue weighted by molar-refractivity contribution is 9.10. The lowest BCUT2D eigenvalue weighted by Crippen LogP contribution is -2.30. The first-order valence-corrected chi connectivity index (χ1v) is 12.1. The van der Waals surface area contributed by atoms with Crippen molar-refractivity contribution in [1.29, 1.82) is 0 Å². The second-order valence-corrected chi connectivity index (χ2v) is 9.79. The smallest absolute Gasteiger partial charge is 0.270 e. The molecule has 0 atom stereocenters. The minimum atomic E-state index is -0.415. The Bertz CT molecular complexity index is 1150. The van der Waals surface area contributed by atoms with Gasteiger partial charge in [-0.1, -0.05) is 11.6 Å². The molecule has 0 saturated carbocycles. The summed E-state index contributed by atoms with van der Waals surface area (Å²) >= 11 is 10.8. The van der Waals surface area contributed by atoms with Gasteiger partial charge in [-0.3, -0.25) is 19.8 Å². The lowest BCUT2D eigenvalue weighted by Gasteiger charge is -2.30. The molecule has 0 aliphatic carbocycles. The third-order valence-electron chi connectivity index (χ3n) is 5.34. The number of benzene rings is 2. The van der Waals surface area contributed by atoms with Crippen LogP contribution >= 0.6 is 39.3 Å². The van der Waals surface area contributed by atoms with Gasteiger partial charge in [0.25, 0.3) is 11.6 Å². The van der Waals surface area contributed by atoms with E-state index in [9.17, 15) is 14.9 Å². The van der Waals surface area contributed by atoms with Gasteiger partial charge in [0, 0.05) is 48.0 Å². The Morgan fingerprint density at radius 2 is 1.94 bits per heavy atom. The van der Waals surface area contributed by atoms with Crippen LogP contribution in [0.15, 0.2) is 50.8 Å². The van der Waals surface area contributed by atoms with Gasteiger partial charge in [-0.25, -0.2) is 4.99 Å². The zero-order chi connectivity index (χ0) is 22.8. The van der Waals surface area contributed by atoms with Crippen molar-refractivity contribution in [3.8, 4) is 0 Å². The summed E-state index contributed by atoms with van der Waals surface area (Å²) in [6, 6.07) is 10.2. The number of carbonyl (C=O) groups is 1. The van der Waals surface area contributed by atoms with E-state index in [1.54, 1.807) is 37.4 Å². The Balaban J connectivity index is 1.70. The monoisotopic (exact) mass is 534 g/mol. The van der Waals surface area contributed by atoms with Crippen LogP contribution in [0, 0.1) is 10.1 Å². The summed E-state index contributed by atoms with van der Waals surface area (Å²) in [6.07, 6.45) is 5.07. The minimum absolute atomic E-state index is 0.000181. The second-order valence-electron chi connectivity index (χ2n) is 7.52. The molecule has 1 amide bonds. The van der Waals surface area contributed by atoms with Gasteiger partial charge in [-0.15, -0.1) is 0 Å². The molecule has 0 aromatic heterocycles. The van der Waals surface area contributed by atoms with Crippen molar-refractivity contribution in [3.05, 3.63) is 66.5 Å². The molecule has 2 fully saturated rings. The molecule has 2 aliphatic heterocycles. The number of carbonyl (C=O) groups excluding carboxylic acids is 1. The number of nitro benzene ring substituents is 1. The molecule has 0 radical (unpaired) electrons. The summed E-state index contributed by atoms with van der Waals surface area (Å²) in [5, 5.41) is 12.4. The number of hydrogen-bond donors (Lipinski definition) is 0. The van der Waals surface area contributed by atoms with Gasteiger partial charge in [0.1, 0.15) is 0 Å². The van der Waals surface area contributed by atoms with Crippen LogP contribution in [-0.2, 0) is 4.79 Å². The van der Waals surface area contributed by atoms with E-state index in [0.29, 0.717) is 26.3 Å². The summed E-state index contributed by atoms with van der Waals surface area (Å²) in [4.78, 5) is 32.6. The molecular formula is C22H20BrClN4O3S. The van der Waals surface area contributed by atoms with Crippen molar-refractivity contribution < 1.29 is 9.72 Å². The van der Waals surface area contributed by atoms with E-state index in [4.69, 9.17) is 11.6 Å². The number of non-ortho nitro benzene ring substituents is 1. The molecule has 4 rings (SSSR count). The number of likely N-dealkylation sites (N-methyl/N-ethyl adjacent to an activating group) is 1. The van der Waals surface area contributed by atoms with Gasteiger partial charge in [0.15, 0.2) is 5.17 Å². The largest absolute Gasteiger partial charge is 0.371 e. The number of halogens is 2. The number of amidine groups is 1. The molecule has 0 bridgehead atoms. The van der Waals surface area contributed by atoms with E-state index in [-0.39, 0.29) is 11.6 Å². The highest BCUT2D eigenvalue weighted by Crippen LogP contribution is 2.37. The molecule has 32 heavy (non-hydrogen) atoms. The van der Waals surface area contributed by atoms with E-state index in [2.05, 4.69) is 25.8 Å². The summed E-state index contributed by atoms with van der Waals surface area (Å²) in [7, 11) is 1.66. The average molecular weight is 536 g/mol. The van der Waals surface area contributed by atoms with Crippen molar-refractivity contribution >= 4 is 73.5 Å². The number of nitro groups is 1. The van der Waals surface area contributed by atoms with E-state index >= 15 is 0 Å². The van der Waals surface area contributed by atoms with Crippen LogP contribution in [-0.4, -0.2) is 41.0 Å². The number of thioether (sulfide) groups is 1. The Labute approximate surface area is 203 Å². The summed E-state index contributed by atoms with van der Waals surface area (Å²) in [5.41, 5.74) is 2.20. The number of aliphatic imine (C=N–C) groups is 1. The standard InChI is InChI=1S/C22H20BrClN4O3S/c1-26-21(29)20(32-22(26)25-15-5-7-17(23)18(24)13-15)12-14-11-16(28(30)31)6-8-19(14)27-9-3-2-4-10-27/h5-8,11-13H,2-4,9-10H2,1H3/b20-12+,25-22?. The average Bonchev–Trinajstić information content (AvgIpc) is 3.04. The fraction of sp³-hybridized carbons (Fsp3) is 0.273.